The molecule has 0 atom stereocenters. The minimum atomic E-state index is -7.22. The van der Waals surface area contributed by atoms with Crippen LogP contribution in [0.15, 0.2) is 54.6 Å². The second-order valence-electron chi connectivity index (χ2n) is 16.8. The van der Waals surface area contributed by atoms with Gasteiger partial charge in [-0.3, -0.25) is 0 Å². The van der Waals surface area contributed by atoms with Crippen LogP contribution in [-0.4, -0.2) is 17.1 Å². The van der Waals surface area contributed by atoms with Gasteiger partial charge in [-0.05, 0) is 62.3 Å². The van der Waals surface area contributed by atoms with E-state index in [1.165, 1.54) is 50.1 Å². The van der Waals surface area contributed by atoms with Crippen molar-refractivity contribution in [2.75, 3.05) is 0 Å². The number of halogens is 20. The minimum absolute atomic E-state index is 0. The molecule has 0 heterocycles. The van der Waals surface area contributed by atoms with Crippen LogP contribution in [-0.2, 0) is 0 Å². The van der Waals surface area contributed by atoms with Gasteiger partial charge in [0.2, 0.25) is 0 Å². The van der Waals surface area contributed by atoms with Crippen molar-refractivity contribution in [2.24, 2.45) is 0 Å². The molecule has 73 heavy (non-hydrogen) atoms. The van der Waals surface area contributed by atoms with Crippen LogP contribution < -0.4 is 21.9 Å². The maximum atomic E-state index is 15.4. The average molecular weight is 1070 g/mol. The number of hydrogen-bond acceptors (Lipinski definition) is 0. The third-order valence-corrected chi connectivity index (χ3v) is 10.8. The third kappa shape index (κ3) is 11.8. The van der Waals surface area contributed by atoms with Crippen LogP contribution in [0.3, 0.4) is 0 Å². The molecule has 22 heteroatoms. The van der Waals surface area contributed by atoms with Gasteiger partial charge in [0.25, 0.3) is 11.0 Å². The Balaban J connectivity index is 0.000000401. The number of benzene rings is 7. The fraction of sp³-hybridized carbons (Fsp3) is 0.176. The molecule has 0 amide bonds. The van der Waals surface area contributed by atoms with Gasteiger partial charge < -0.3 is 0 Å². The first-order valence-electron chi connectivity index (χ1n) is 20.6. The molecule has 0 spiro atoms. The number of rotatable bonds is 4. The second-order valence-corrected chi connectivity index (χ2v) is 16.8. The van der Waals surface area contributed by atoms with E-state index in [4.69, 9.17) is 0 Å². The molecular formula is C51H39BF20Si. The molecule has 0 unspecified atom stereocenters. The Labute approximate surface area is 409 Å². The molecule has 0 aliphatic carbocycles. The second kappa shape index (κ2) is 23.5. The van der Waals surface area contributed by atoms with Gasteiger partial charge in [0.05, 0.1) is 0 Å². The van der Waals surface area contributed by atoms with Crippen molar-refractivity contribution in [3.05, 3.63) is 221 Å². The summed E-state index contributed by atoms with van der Waals surface area (Å²) < 4.78 is 294. The molecule has 0 aliphatic rings. The van der Waals surface area contributed by atoms with E-state index >= 15 is 35.1 Å². The molecule has 390 valence electrons. The van der Waals surface area contributed by atoms with E-state index in [1.807, 2.05) is 0 Å². The monoisotopic (exact) mass is 1070 g/mol. The Kier molecular flexibility index (Phi) is 19.6. The van der Waals surface area contributed by atoms with Crippen molar-refractivity contribution >= 4 is 39.0 Å². The van der Waals surface area contributed by atoms with Crippen LogP contribution in [0.5, 0.6) is 0 Å². The van der Waals surface area contributed by atoms with Gasteiger partial charge in [0.1, 0.15) is 52.7 Å². The summed E-state index contributed by atoms with van der Waals surface area (Å²) in [5.41, 5.74) is -2.14. The summed E-state index contributed by atoms with van der Waals surface area (Å²) in [6.07, 6.45) is -7.22. The first-order chi connectivity index (χ1) is 33.2. The third-order valence-electron chi connectivity index (χ3n) is 10.8. The van der Waals surface area contributed by atoms with Crippen LogP contribution in [0.4, 0.5) is 87.8 Å². The molecule has 7 aromatic carbocycles. The molecule has 0 saturated heterocycles. The van der Waals surface area contributed by atoms with Gasteiger partial charge >= 0.3 is 0 Å². The van der Waals surface area contributed by atoms with Crippen molar-refractivity contribution < 1.29 is 87.8 Å². The summed E-state index contributed by atoms with van der Waals surface area (Å²) in [6, 6.07) is 19.7. The van der Waals surface area contributed by atoms with Crippen LogP contribution in [0.2, 0.25) is 0 Å². The smallest absolute Gasteiger partial charge is 0.207 e. The van der Waals surface area contributed by atoms with Crippen molar-refractivity contribution in [1.29, 1.82) is 0 Å². The van der Waals surface area contributed by atoms with Crippen LogP contribution in [0.25, 0.3) is 0 Å². The summed E-state index contributed by atoms with van der Waals surface area (Å²) >= 11 is 0. The van der Waals surface area contributed by atoms with Crippen molar-refractivity contribution in [3.63, 3.8) is 0 Å². The molecule has 0 aliphatic heterocycles. The van der Waals surface area contributed by atoms with Gasteiger partial charge in [-0.1, -0.05) is 105 Å². The normalized spacial score (nSPS) is 11.0. The molecule has 0 bridgehead atoms. The Morgan fingerprint density at radius 2 is 0.260 bits per heavy atom. The zero-order chi connectivity index (χ0) is 54.9. The van der Waals surface area contributed by atoms with E-state index in [0.29, 0.717) is 0 Å². The van der Waals surface area contributed by atoms with Gasteiger partial charge in [0, 0.05) is 0 Å². The molecule has 7 aromatic rings. The highest BCUT2D eigenvalue weighted by molar-refractivity contribution is 7.20. The fourth-order valence-corrected chi connectivity index (χ4v) is 8.48. The maximum Gasteiger partial charge on any atom is 0.267 e. The number of hydrogen-bond donors (Lipinski definition) is 0. The summed E-state index contributed by atoms with van der Waals surface area (Å²) in [5, 5.41) is 0. The molecule has 0 N–H and O–H groups in total. The lowest BCUT2D eigenvalue weighted by Crippen LogP contribution is -2.81. The highest BCUT2D eigenvalue weighted by Gasteiger charge is 2.52. The molecule has 0 fully saturated rings. The van der Waals surface area contributed by atoms with Crippen LogP contribution >= 0.6 is 0 Å². The Hall–Kier alpha value is -6.58. The van der Waals surface area contributed by atoms with E-state index in [1.54, 1.807) is 0 Å². The minimum Gasteiger partial charge on any atom is -0.207 e. The molecule has 0 aromatic heterocycles. The number of aryl methyl sites for hydroxylation is 9. The Bertz CT molecular complexity index is 2590. The van der Waals surface area contributed by atoms with Crippen molar-refractivity contribution in [3.8, 4) is 0 Å². The predicted molar refractivity (Wildman–Crippen MR) is 241 cm³/mol. The van der Waals surface area contributed by atoms with Crippen LogP contribution in [0.1, 0.15) is 50.1 Å². The van der Waals surface area contributed by atoms with Gasteiger partial charge in [-0.15, -0.1) is 21.9 Å². The summed E-state index contributed by atoms with van der Waals surface area (Å²) in [4.78, 5) is 0. The van der Waals surface area contributed by atoms with Gasteiger partial charge in [0.15, 0.2) is 69.8 Å². The highest BCUT2D eigenvalue weighted by atomic mass is 28.1. The lowest BCUT2D eigenvalue weighted by atomic mass is 9.12. The van der Waals surface area contributed by atoms with Gasteiger partial charge in [-0.25, -0.2) is 87.8 Å². The average Bonchev–Trinajstić information content (AvgIpc) is 3.28. The summed E-state index contributed by atoms with van der Waals surface area (Å²) in [6.45, 7) is 19.1. The predicted octanol–water partition coefficient (Wildman–Crippen LogP) is 12.5. The lowest BCUT2D eigenvalue weighted by Gasteiger charge is -2.44. The quantitative estimate of drug-likeness (QED) is 0.0713. The van der Waals surface area contributed by atoms with Crippen LogP contribution in [0, 0.1) is 179 Å². The Morgan fingerprint density at radius 1 is 0.178 bits per heavy atom. The highest BCUT2D eigenvalue weighted by Crippen LogP contribution is 2.31. The fourth-order valence-electron chi connectivity index (χ4n) is 8.48. The molecule has 0 saturated carbocycles. The summed E-state index contributed by atoms with van der Waals surface area (Å²) in [5.74, 6) is -71.4. The van der Waals surface area contributed by atoms with Crippen molar-refractivity contribution in [2.45, 2.75) is 62.3 Å². The molecular weight excluding hydrogens is 1030 g/mol. The summed E-state index contributed by atoms with van der Waals surface area (Å²) in [7, 11) is 0. The molecule has 7 rings (SSSR count). The molecule has 0 nitrogen and oxygen atoms in total. The van der Waals surface area contributed by atoms with E-state index in [9.17, 15) is 52.7 Å². The first kappa shape index (κ1) is 60.7. The zero-order valence-electron chi connectivity index (χ0n) is 39.8. The lowest BCUT2D eigenvalue weighted by molar-refractivity contribution is 0.378. The topological polar surface area (TPSA) is 0 Å². The van der Waals surface area contributed by atoms with E-state index in [0.717, 1.165) is 0 Å². The van der Waals surface area contributed by atoms with E-state index in [2.05, 4.69) is 117 Å². The van der Waals surface area contributed by atoms with E-state index in [-0.39, 0.29) is 11.0 Å². The zero-order valence-corrected chi connectivity index (χ0v) is 41.8. The van der Waals surface area contributed by atoms with Crippen molar-refractivity contribution in [1.82, 2.24) is 0 Å². The standard InChI is InChI=1S/C24BF20.3C9H12.H3Si/c26-5-1(6(27)14(35)21(42)13(5)34)25(2-7(28)15(36)22(43)16(37)8(2)29,3-9(30)17(38)23(44)18(39)10(3)31)4-11(32)19(40)24(45)20(41)12(4)33;3*1-7-4-8(2)6-9(3)5-7;/h;3*4-6H,1-3H3;1H3/q-1;;;;+1. The largest absolute Gasteiger partial charge is 0.267 e. The molecule has 0 radical (unpaired) electrons. The Morgan fingerprint density at radius 3 is 0.356 bits per heavy atom. The maximum absolute atomic E-state index is 15.4. The first-order valence-corrected chi connectivity index (χ1v) is 20.6. The van der Waals surface area contributed by atoms with E-state index < -0.39 is 144 Å². The SMILES string of the molecule is Cc1cc(C)cc(C)c1.Cc1cc(C)cc(C)c1.Cc1cc(C)cc(C)c1.Fc1c(F)c(F)c([B-](c2c(F)c(F)c(F)c(F)c2F)(c2c(F)c(F)c(F)c(F)c2F)c2c(F)c(F)c(F)c(F)c2F)c(F)c1F.[SiH3+]. The van der Waals surface area contributed by atoms with Gasteiger partial charge in [-0.2, -0.15) is 0 Å².